The largest absolute Gasteiger partial charge is 0.504 e. The van der Waals surface area contributed by atoms with Gasteiger partial charge >= 0.3 is 0 Å². The minimum absolute atomic E-state index is 0.0854. The maximum Gasteiger partial charge on any atom is 0.160 e. The van der Waals surface area contributed by atoms with Crippen LogP contribution >= 0.6 is 0 Å². The van der Waals surface area contributed by atoms with Crippen molar-refractivity contribution in [3.05, 3.63) is 59.2 Å². The monoisotopic (exact) mass is 270 g/mol. The summed E-state index contributed by atoms with van der Waals surface area (Å²) in [5, 5.41) is 9.52. The smallest absolute Gasteiger partial charge is 0.160 e. The number of carbonyl (C=O) groups excluding carboxylic acids is 1. The van der Waals surface area contributed by atoms with Crippen LogP contribution < -0.4 is 4.74 Å². The average molecular weight is 270 g/mol. The minimum Gasteiger partial charge on any atom is -0.504 e. The second-order valence-corrected chi connectivity index (χ2v) is 4.88. The van der Waals surface area contributed by atoms with Gasteiger partial charge in [0.2, 0.25) is 0 Å². The minimum atomic E-state index is 0.0854. The number of aryl methyl sites for hydroxylation is 1. The molecule has 20 heavy (non-hydrogen) atoms. The van der Waals surface area contributed by atoms with Crippen molar-refractivity contribution in [2.75, 3.05) is 7.11 Å². The Labute approximate surface area is 118 Å². The van der Waals surface area contributed by atoms with Crippen LogP contribution in [0.15, 0.2) is 42.5 Å². The molecule has 2 aromatic rings. The summed E-state index contributed by atoms with van der Waals surface area (Å²) >= 11 is 0. The highest BCUT2D eigenvalue weighted by Gasteiger charge is 2.08. The van der Waals surface area contributed by atoms with Crippen molar-refractivity contribution >= 4 is 5.78 Å². The molecule has 0 aliphatic carbocycles. The van der Waals surface area contributed by atoms with Crippen molar-refractivity contribution < 1.29 is 14.6 Å². The maximum atomic E-state index is 12.0. The second kappa shape index (κ2) is 6.24. The molecule has 3 nitrogen and oxygen atoms in total. The lowest BCUT2D eigenvalue weighted by Gasteiger charge is -2.06. The summed E-state index contributed by atoms with van der Waals surface area (Å²) in [5.41, 5.74) is 3.05. The third-order valence-corrected chi connectivity index (χ3v) is 3.17. The molecule has 0 atom stereocenters. The molecule has 0 aliphatic rings. The van der Waals surface area contributed by atoms with E-state index in [0.717, 1.165) is 11.1 Å². The first kappa shape index (κ1) is 14.1. The zero-order valence-electron chi connectivity index (χ0n) is 11.7. The van der Waals surface area contributed by atoms with Gasteiger partial charge in [-0.2, -0.15) is 0 Å². The summed E-state index contributed by atoms with van der Waals surface area (Å²) in [6.07, 6.45) is 0.758. The quantitative estimate of drug-likeness (QED) is 0.908. The number of carbonyl (C=O) groups is 1. The molecule has 104 valence electrons. The number of ketones is 1. The Hall–Kier alpha value is -2.29. The standard InChI is InChI=1S/C17H18O3/c1-12-3-5-13(6-4-12)9-15(18)10-14-7-8-16(19)17(11-14)20-2/h3-8,11,19H,9-10H2,1-2H3. The lowest BCUT2D eigenvalue weighted by Crippen LogP contribution is -2.06. The summed E-state index contributed by atoms with van der Waals surface area (Å²) in [6, 6.07) is 13.0. The number of hydrogen-bond donors (Lipinski definition) is 1. The number of aromatic hydroxyl groups is 1. The Bertz CT molecular complexity index is 600. The Morgan fingerprint density at radius 3 is 2.30 bits per heavy atom. The van der Waals surface area contributed by atoms with Crippen LogP contribution in [0, 0.1) is 6.92 Å². The van der Waals surface area contributed by atoms with Gasteiger partial charge in [0.05, 0.1) is 7.11 Å². The highest BCUT2D eigenvalue weighted by Crippen LogP contribution is 2.26. The molecular formula is C17H18O3. The van der Waals surface area contributed by atoms with Crippen LogP contribution in [0.25, 0.3) is 0 Å². The van der Waals surface area contributed by atoms with Gasteiger partial charge < -0.3 is 9.84 Å². The Kier molecular flexibility index (Phi) is 4.41. The number of phenolic OH excluding ortho intramolecular Hbond substituents is 1. The van der Waals surface area contributed by atoms with Gasteiger partial charge in [-0.3, -0.25) is 4.79 Å². The fraction of sp³-hybridized carbons (Fsp3) is 0.235. The Morgan fingerprint density at radius 2 is 1.65 bits per heavy atom. The zero-order valence-corrected chi connectivity index (χ0v) is 11.7. The first-order valence-corrected chi connectivity index (χ1v) is 6.51. The van der Waals surface area contributed by atoms with Gasteiger partial charge in [-0.25, -0.2) is 0 Å². The van der Waals surface area contributed by atoms with Gasteiger partial charge in [-0.15, -0.1) is 0 Å². The van der Waals surface area contributed by atoms with Crippen LogP contribution in [0.2, 0.25) is 0 Å². The maximum absolute atomic E-state index is 12.0. The van der Waals surface area contributed by atoms with E-state index in [0.29, 0.717) is 18.6 Å². The summed E-state index contributed by atoms with van der Waals surface area (Å²) in [7, 11) is 1.49. The van der Waals surface area contributed by atoms with Gasteiger partial charge in [0.15, 0.2) is 11.5 Å². The van der Waals surface area contributed by atoms with E-state index in [1.807, 2.05) is 31.2 Å². The number of ether oxygens (including phenoxy) is 1. The third-order valence-electron chi connectivity index (χ3n) is 3.17. The van der Waals surface area contributed by atoms with Gasteiger partial charge in [-0.05, 0) is 30.2 Å². The van der Waals surface area contributed by atoms with Crippen molar-refractivity contribution in [2.24, 2.45) is 0 Å². The van der Waals surface area contributed by atoms with Gasteiger partial charge in [-0.1, -0.05) is 35.9 Å². The van der Waals surface area contributed by atoms with Gasteiger partial charge in [0, 0.05) is 12.8 Å². The Balaban J connectivity index is 2.02. The molecule has 0 unspecified atom stereocenters. The topological polar surface area (TPSA) is 46.5 Å². The number of benzene rings is 2. The molecule has 0 radical (unpaired) electrons. The molecule has 3 heteroatoms. The molecule has 0 saturated heterocycles. The molecule has 1 N–H and O–H groups in total. The van der Waals surface area contributed by atoms with Crippen LogP contribution in [0.1, 0.15) is 16.7 Å². The fourth-order valence-electron chi connectivity index (χ4n) is 2.06. The molecule has 0 aliphatic heterocycles. The molecule has 0 saturated carbocycles. The predicted octanol–water partition coefficient (Wildman–Crippen LogP) is 3.06. The number of Topliss-reactive ketones (excluding diaryl/α,β-unsaturated/α-hetero) is 1. The predicted molar refractivity (Wildman–Crippen MR) is 78.3 cm³/mol. The molecule has 2 aromatic carbocycles. The van der Waals surface area contributed by atoms with Crippen molar-refractivity contribution in [2.45, 2.75) is 19.8 Å². The normalized spacial score (nSPS) is 10.3. The van der Waals surface area contributed by atoms with Crippen molar-refractivity contribution in [1.29, 1.82) is 0 Å². The first-order chi connectivity index (χ1) is 9.58. The average Bonchev–Trinajstić information content (AvgIpc) is 2.43. The number of hydrogen-bond acceptors (Lipinski definition) is 3. The van der Waals surface area contributed by atoms with Gasteiger partial charge in [0.1, 0.15) is 5.78 Å². The van der Waals surface area contributed by atoms with E-state index in [1.54, 1.807) is 18.2 Å². The zero-order chi connectivity index (χ0) is 14.5. The molecule has 0 amide bonds. The van der Waals surface area contributed by atoms with E-state index in [9.17, 15) is 9.90 Å². The van der Waals surface area contributed by atoms with Crippen molar-refractivity contribution in [3.8, 4) is 11.5 Å². The van der Waals surface area contributed by atoms with E-state index in [4.69, 9.17) is 4.74 Å². The summed E-state index contributed by atoms with van der Waals surface area (Å²) in [6.45, 7) is 2.02. The lowest BCUT2D eigenvalue weighted by molar-refractivity contribution is -0.117. The first-order valence-electron chi connectivity index (χ1n) is 6.51. The molecule has 2 rings (SSSR count). The second-order valence-electron chi connectivity index (χ2n) is 4.88. The fourth-order valence-corrected chi connectivity index (χ4v) is 2.06. The van der Waals surface area contributed by atoms with E-state index >= 15 is 0 Å². The van der Waals surface area contributed by atoms with Crippen LogP contribution in [0.3, 0.4) is 0 Å². The van der Waals surface area contributed by atoms with E-state index < -0.39 is 0 Å². The van der Waals surface area contributed by atoms with Crippen LogP contribution in [-0.2, 0) is 17.6 Å². The molecule has 0 fully saturated rings. The van der Waals surface area contributed by atoms with E-state index in [-0.39, 0.29) is 11.5 Å². The molecular weight excluding hydrogens is 252 g/mol. The molecule has 0 bridgehead atoms. The van der Waals surface area contributed by atoms with E-state index in [1.165, 1.54) is 12.7 Å². The van der Waals surface area contributed by atoms with E-state index in [2.05, 4.69) is 0 Å². The number of rotatable bonds is 5. The molecule has 0 spiro atoms. The highest BCUT2D eigenvalue weighted by atomic mass is 16.5. The highest BCUT2D eigenvalue weighted by molar-refractivity contribution is 5.83. The third kappa shape index (κ3) is 3.60. The van der Waals surface area contributed by atoms with Crippen LogP contribution in [-0.4, -0.2) is 18.0 Å². The van der Waals surface area contributed by atoms with Crippen molar-refractivity contribution in [1.82, 2.24) is 0 Å². The summed E-state index contributed by atoms with van der Waals surface area (Å²) < 4.78 is 5.04. The number of phenols is 1. The Morgan fingerprint density at radius 1 is 1.05 bits per heavy atom. The number of methoxy groups -OCH3 is 1. The summed E-state index contributed by atoms with van der Waals surface area (Å²) in [4.78, 5) is 12.0. The van der Waals surface area contributed by atoms with Gasteiger partial charge in [0.25, 0.3) is 0 Å². The lowest BCUT2D eigenvalue weighted by atomic mass is 10.0. The van der Waals surface area contributed by atoms with Crippen LogP contribution in [0.5, 0.6) is 11.5 Å². The SMILES string of the molecule is COc1cc(CC(=O)Cc2ccc(C)cc2)ccc1O. The van der Waals surface area contributed by atoms with Crippen LogP contribution in [0.4, 0.5) is 0 Å². The molecule has 0 heterocycles. The van der Waals surface area contributed by atoms with Crippen molar-refractivity contribution in [3.63, 3.8) is 0 Å². The molecule has 0 aromatic heterocycles. The summed E-state index contributed by atoms with van der Waals surface area (Å²) in [5.74, 6) is 0.620.